The van der Waals surface area contributed by atoms with Gasteiger partial charge in [0.05, 0.1) is 6.61 Å². The Bertz CT molecular complexity index is 204. The van der Waals surface area contributed by atoms with E-state index in [2.05, 4.69) is 23.9 Å². The second kappa shape index (κ2) is 4.64. The summed E-state index contributed by atoms with van der Waals surface area (Å²) in [6.07, 6.45) is 2.54. The van der Waals surface area contributed by atoms with E-state index in [9.17, 15) is 4.79 Å². The first-order chi connectivity index (χ1) is 6.49. The first kappa shape index (κ1) is 11.3. The molecule has 1 saturated heterocycles. The fourth-order valence-corrected chi connectivity index (χ4v) is 2.04. The summed E-state index contributed by atoms with van der Waals surface area (Å²) >= 11 is 0. The third-order valence-electron chi connectivity index (χ3n) is 2.67. The molecule has 1 atom stereocenters. The van der Waals surface area contributed by atoms with E-state index < -0.39 is 6.09 Å². The van der Waals surface area contributed by atoms with Crippen LogP contribution in [-0.4, -0.2) is 24.8 Å². The number of nitrogens with two attached hydrogens (primary N) is 1. The molecular weight excluding hydrogens is 180 g/mol. The van der Waals surface area contributed by atoms with Crippen LogP contribution < -0.4 is 11.1 Å². The Morgan fingerprint density at radius 1 is 1.64 bits per heavy atom. The minimum absolute atomic E-state index is 0.273. The monoisotopic (exact) mass is 200 g/mol. The maximum atomic E-state index is 10.3. The Hall–Kier alpha value is -0.770. The maximum Gasteiger partial charge on any atom is 0.404 e. The molecule has 1 heterocycles. The van der Waals surface area contributed by atoms with Gasteiger partial charge in [-0.25, -0.2) is 4.79 Å². The van der Waals surface area contributed by atoms with Crippen molar-refractivity contribution >= 4 is 6.09 Å². The van der Waals surface area contributed by atoms with Crippen LogP contribution >= 0.6 is 0 Å². The van der Waals surface area contributed by atoms with Crippen LogP contribution in [0.5, 0.6) is 0 Å². The van der Waals surface area contributed by atoms with Crippen molar-refractivity contribution in [3.8, 4) is 0 Å². The zero-order valence-corrected chi connectivity index (χ0v) is 9.01. The van der Waals surface area contributed by atoms with Crippen molar-refractivity contribution in [2.75, 3.05) is 13.2 Å². The van der Waals surface area contributed by atoms with Gasteiger partial charge in [0, 0.05) is 5.54 Å². The lowest BCUT2D eigenvalue weighted by Gasteiger charge is -2.17. The van der Waals surface area contributed by atoms with Gasteiger partial charge in [0.25, 0.3) is 0 Å². The second-order valence-electron chi connectivity index (χ2n) is 4.64. The van der Waals surface area contributed by atoms with Gasteiger partial charge >= 0.3 is 6.09 Å². The van der Waals surface area contributed by atoms with Gasteiger partial charge in [-0.2, -0.15) is 0 Å². The minimum Gasteiger partial charge on any atom is -0.450 e. The average Bonchev–Trinajstić information content (AvgIpc) is 2.39. The summed E-state index contributed by atoms with van der Waals surface area (Å²) in [5.74, 6) is 0.710. The summed E-state index contributed by atoms with van der Waals surface area (Å²) in [7, 11) is 0. The van der Waals surface area contributed by atoms with E-state index in [4.69, 9.17) is 5.73 Å². The van der Waals surface area contributed by atoms with Crippen molar-refractivity contribution in [2.45, 2.75) is 38.6 Å². The molecule has 1 amide bonds. The van der Waals surface area contributed by atoms with Crippen LogP contribution in [-0.2, 0) is 4.74 Å². The van der Waals surface area contributed by atoms with Crippen LogP contribution in [0.2, 0.25) is 0 Å². The van der Waals surface area contributed by atoms with E-state index in [-0.39, 0.29) is 5.54 Å². The van der Waals surface area contributed by atoms with Gasteiger partial charge in [-0.3, -0.25) is 0 Å². The van der Waals surface area contributed by atoms with Crippen LogP contribution in [0.1, 0.15) is 33.1 Å². The van der Waals surface area contributed by atoms with Crippen molar-refractivity contribution in [2.24, 2.45) is 11.7 Å². The molecule has 4 heteroatoms. The first-order valence-corrected chi connectivity index (χ1v) is 5.17. The molecule has 3 N–H and O–H groups in total. The molecule has 1 fully saturated rings. The molecule has 0 bridgehead atoms. The van der Waals surface area contributed by atoms with Gasteiger partial charge in [0.2, 0.25) is 0 Å². The van der Waals surface area contributed by atoms with Gasteiger partial charge in [0.1, 0.15) is 0 Å². The molecule has 82 valence electrons. The summed E-state index contributed by atoms with van der Waals surface area (Å²) in [6.45, 7) is 5.95. The van der Waals surface area contributed by atoms with Gasteiger partial charge in [-0.1, -0.05) is 0 Å². The maximum absolute atomic E-state index is 10.3. The summed E-state index contributed by atoms with van der Waals surface area (Å²) in [5, 5.41) is 3.46. The van der Waals surface area contributed by atoms with Crippen LogP contribution in [0.25, 0.3) is 0 Å². The number of rotatable bonds is 4. The number of primary amides is 1. The van der Waals surface area contributed by atoms with Crippen molar-refractivity contribution in [1.29, 1.82) is 0 Å². The zero-order chi connectivity index (χ0) is 10.6. The summed E-state index contributed by atoms with van der Waals surface area (Å²) < 4.78 is 4.67. The van der Waals surface area contributed by atoms with Crippen molar-refractivity contribution < 1.29 is 9.53 Å². The SMILES string of the molecule is CC1(C)C[C@@H](CCCOC(N)=O)CN1. The number of hydrogen-bond acceptors (Lipinski definition) is 3. The highest BCUT2D eigenvalue weighted by Crippen LogP contribution is 2.26. The predicted molar refractivity (Wildman–Crippen MR) is 55.0 cm³/mol. The first-order valence-electron chi connectivity index (χ1n) is 5.17. The number of hydrogen-bond donors (Lipinski definition) is 2. The zero-order valence-electron chi connectivity index (χ0n) is 9.01. The fourth-order valence-electron chi connectivity index (χ4n) is 2.04. The fraction of sp³-hybridized carbons (Fsp3) is 0.900. The highest BCUT2D eigenvalue weighted by atomic mass is 16.5. The molecule has 1 rings (SSSR count). The Labute approximate surface area is 85.2 Å². The van der Waals surface area contributed by atoms with Crippen LogP contribution in [0.4, 0.5) is 4.79 Å². The third kappa shape index (κ3) is 3.96. The number of ether oxygens (including phenoxy) is 1. The standard InChI is InChI=1S/C10H20N2O2/c1-10(2)6-8(7-12-10)4-3-5-14-9(11)13/h8,12H,3-7H2,1-2H3,(H2,11,13)/t8-/m1/s1. The van der Waals surface area contributed by atoms with Crippen molar-refractivity contribution in [3.63, 3.8) is 0 Å². The lowest BCUT2D eigenvalue weighted by Crippen LogP contribution is -2.31. The lowest BCUT2D eigenvalue weighted by molar-refractivity contribution is 0.152. The molecule has 0 saturated carbocycles. The Morgan fingerprint density at radius 2 is 2.36 bits per heavy atom. The molecule has 0 aliphatic carbocycles. The number of amides is 1. The second-order valence-corrected chi connectivity index (χ2v) is 4.64. The number of carbonyl (C=O) groups is 1. The molecule has 0 aromatic carbocycles. The molecule has 0 unspecified atom stereocenters. The van der Waals surface area contributed by atoms with Crippen LogP contribution in [0.3, 0.4) is 0 Å². The highest BCUT2D eigenvalue weighted by molar-refractivity contribution is 5.64. The molecular formula is C10H20N2O2. The third-order valence-corrected chi connectivity index (χ3v) is 2.67. The van der Waals surface area contributed by atoms with E-state index in [0.717, 1.165) is 19.4 Å². The van der Waals surface area contributed by atoms with E-state index in [1.54, 1.807) is 0 Å². The molecule has 1 aliphatic heterocycles. The topological polar surface area (TPSA) is 64.3 Å². The van der Waals surface area contributed by atoms with E-state index in [1.165, 1.54) is 6.42 Å². The van der Waals surface area contributed by atoms with Gasteiger partial charge in [-0.05, 0) is 45.6 Å². The normalized spacial score (nSPS) is 24.9. The van der Waals surface area contributed by atoms with Crippen molar-refractivity contribution in [3.05, 3.63) is 0 Å². The van der Waals surface area contributed by atoms with Crippen molar-refractivity contribution in [1.82, 2.24) is 5.32 Å². The predicted octanol–water partition coefficient (Wildman–Crippen LogP) is 1.25. The molecule has 0 aromatic rings. The molecule has 1 aliphatic rings. The number of carbonyl (C=O) groups excluding carboxylic acids is 1. The van der Waals surface area contributed by atoms with E-state index in [1.807, 2.05) is 0 Å². The molecule has 14 heavy (non-hydrogen) atoms. The van der Waals surface area contributed by atoms with Crippen LogP contribution in [0, 0.1) is 5.92 Å². The van der Waals surface area contributed by atoms with Gasteiger partial charge in [-0.15, -0.1) is 0 Å². The Kier molecular flexibility index (Phi) is 3.75. The molecule has 0 radical (unpaired) electrons. The Balaban J connectivity index is 2.06. The number of nitrogens with one attached hydrogen (secondary N) is 1. The summed E-state index contributed by atoms with van der Waals surface area (Å²) in [4.78, 5) is 10.3. The molecule has 0 spiro atoms. The highest BCUT2D eigenvalue weighted by Gasteiger charge is 2.29. The average molecular weight is 200 g/mol. The molecule has 0 aromatic heterocycles. The van der Waals surface area contributed by atoms with Gasteiger partial charge in [0.15, 0.2) is 0 Å². The van der Waals surface area contributed by atoms with E-state index >= 15 is 0 Å². The van der Waals surface area contributed by atoms with Gasteiger partial charge < -0.3 is 15.8 Å². The smallest absolute Gasteiger partial charge is 0.404 e. The quantitative estimate of drug-likeness (QED) is 0.671. The van der Waals surface area contributed by atoms with Crippen LogP contribution in [0.15, 0.2) is 0 Å². The summed E-state index contributed by atoms with van der Waals surface area (Å²) in [5.41, 5.74) is 5.13. The molecule has 4 nitrogen and oxygen atoms in total. The minimum atomic E-state index is -0.671. The lowest BCUT2D eigenvalue weighted by atomic mass is 9.94. The largest absolute Gasteiger partial charge is 0.450 e. The Morgan fingerprint density at radius 3 is 2.86 bits per heavy atom. The summed E-state index contributed by atoms with van der Waals surface area (Å²) in [6, 6.07) is 0. The van der Waals surface area contributed by atoms with E-state index in [0.29, 0.717) is 12.5 Å².